The first-order valence-corrected chi connectivity index (χ1v) is 8.54. The smallest absolute Gasteiger partial charge is 0.0701 e. The van der Waals surface area contributed by atoms with E-state index in [1.54, 1.807) is 0 Å². The number of ether oxygens (including phenoxy) is 4. The minimum Gasteiger partial charge on any atom is -0.378 e. The van der Waals surface area contributed by atoms with E-state index in [9.17, 15) is 0 Å². The largest absolute Gasteiger partial charge is 0.378 e. The van der Waals surface area contributed by atoms with Crippen molar-refractivity contribution in [3.63, 3.8) is 0 Å². The van der Waals surface area contributed by atoms with E-state index >= 15 is 0 Å². The van der Waals surface area contributed by atoms with Gasteiger partial charge in [0, 0.05) is 13.1 Å². The normalized spacial score (nSPS) is 21.4. The van der Waals surface area contributed by atoms with Crippen LogP contribution < -0.4 is 0 Å². The van der Waals surface area contributed by atoms with Gasteiger partial charge in [0.1, 0.15) is 0 Å². The summed E-state index contributed by atoms with van der Waals surface area (Å²) in [7, 11) is 2.16. The quantitative estimate of drug-likeness (QED) is 0.744. The lowest BCUT2D eigenvalue weighted by atomic mass is 10.3. The summed E-state index contributed by atoms with van der Waals surface area (Å²) >= 11 is 0. The molecule has 1 aliphatic heterocycles. The lowest BCUT2D eigenvalue weighted by Crippen LogP contribution is -2.34. The Balaban J connectivity index is 2.23. The molecule has 1 saturated heterocycles. The zero-order valence-corrected chi connectivity index (χ0v) is 14.4. The third-order valence-electron chi connectivity index (χ3n) is 3.77. The Morgan fingerprint density at radius 2 is 1.23 bits per heavy atom. The van der Waals surface area contributed by atoms with Crippen molar-refractivity contribution >= 4 is 0 Å². The predicted molar refractivity (Wildman–Crippen MR) is 87.5 cm³/mol. The fourth-order valence-corrected chi connectivity index (χ4v) is 2.21. The van der Waals surface area contributed by atoms with Crippen LogP contribution in [-0.2, 0) is 18.9 Å². The zero-order chi connectivity index (χ0) is 15.9. The molecule has 0 aromatic carbocycles. The molecular weight excluding hydrogens is 284 g/mol. The first kappa shape index (κ1) is 19.8. The van der Waals surface area contributed by atoms with Crippen LogP contribution in [0.4, 0.5) is 0 Å². The Bertz CT molecular complexity index is 228. The van der Waals surface area contributed by atoms with Crippen LogP contribution >= 0.6 is 0 Å². The van der Waals surface area contributed by atoms with Gasteiger partial charge < -0.3 is 23.8 Å². The first-order chi connectivity index (χ1) is 10.8. The maximum atomic E-state index is 5.63. The second-order valence-electron chi connectivity index (χ2n) is 5.54. The molecule has 0 atom stereocenters. The lowest BCUT2D eigenvalue weighted by Gasteiger charge is -2.23. The highest BCUT2D eigenvalue weighted by atomic mass is 16.6. The van der Waals surface area contributed by atoms with E-state index in [1.165, 1.54) is 6.42 Å². The molecule has 0 unspecified atom stereocenters. The Morgan fingerprint density at radius 3 is 1.68 bits per heavy atom. The highest BCUT2D eigenvalue weighted by molar-refractivity contribution is 4.60. The van der Waals surface area contributed by atoms with Gasteiger partial charge in [0.05, 0.1) is 52.9 Å². The lowest BCUT2D eigenvalue weighted by molar-refractivity contribution is 0.00206. The van der Waals surface area contributed by atoms with Crippen LogP contribution in [-0.4, -0.2) is 102 Å². The second kappa shape index (κ2) is 14.4. The van der Waals surface area contributed by atoms with Crippen LogP contribution in [0.2, 0.25) is 0 Å². The average molecular weight is 318 g/mol. The Labute approximate surface area is 135 Å². The van der Waals surface area contributed by atoms with Gasteiger partial charge in [0.15, 0.2) is 0 Å². The molecule has 6 nitrogen and oxygen atoms in total. The van der Waals surface area contributed by atoms with E-state index in [4.69, 9.17) is 18.9 Å². The summed E-state index contributed by atoms with van der Waals surface area (Å²) in [5.41, 5.74) is 0. The van der Waals surface area contributed by atoms with Gasteiger partial charge in [-0.15, -0.1) is 0 Å². The van der Waals surface area contributed by atoms with E-state index in [-0.39, 0.29) is 0 Å². The van der Waals surface area contributed by atoms with Crippen LogP contribution in [0.5, 0.6) is 0 Å². The Morgan fingerprint density at radius 1 is 0.773 bits per heavy atom. The van der Waals surface area contributed by atoms with Crippen LogP contribution in [0, 0.1) is 0 Å². The number of hydrogen-bond acceptors (Lipinski definition) is 6. The van der Waals surface area contributed by atoms with Gasteiger partial charge in [-0.2, -0.15) is 0 Å². The number of hydrogen-bond donors (Lipinski definition) is 0. The molecule has 0 spiro atoms. The topological polar surface area (TPSA) is 43.4 Å². The summed E-state index contributed by atoms with van der Waals surface area (Å²) in [5, 5.41) is 0. The number of rotatable bonds is 5. The van der Waals surface area contributed by atoms with Gasteiger partial charge in [0.25, 0.3) is 0 Å². The molecule has 0 saturated carbocycles. The first-order valence-electron chi connectivity index (χ1n) is 8.54. The second-order valence-corrected chi connectivity index (χ2v) is 5.54. The van der Waals surface area contributed by atoms with Gasteiger partial charge in [-0.25, -0.2) is 0 Å². The van der Waals surface area contributed by atoms with Crippen molar-refractivity contribution in [2.75, 3.05) is 92.6 Å². The van der Waals surface area contributed by atoms with E-state index in [2.05, 4.69) is 23.8 Å². The SMILES string of the molecule is CCN(C)CCCN1CCOCCOCCOCCOCC1. The van der Waals surface area contributed by atoms with Crippen molar-refractivity contribution < 1.29 is 18.9 Å². The third-order valence-corrected chi connectivity index (χ3v) is 3.77. The van der Waals surface area contributed by atoms with Crippen molar-refractivity contribution in [3.05, 3.63) is 0 Å². The van der Waals surface area contributed by atoms with Crippen molar-refractivity contribution in [1.82, 2.24) is 9.80 Å². The summed E-state index contributed by atoms with van der Waals surface area (Å²) in [6.45, 7) is 12.8. The van der Waals surface area contributed by atoms with E-state index < -0.39 is 0 Å². The molecule has 0 amide bonds. The van der Waals surface area contributed by atoms with E-state index in [1.807, 2.05) is 0 Å². The molecule has 0 aromatic rings. The Kier molecular flexibility index (Phi) is 12.9. The van der Waals surface area contributed by atoms with E-state index in [0.717, 1.165) is 45.9 Å². The molecule has 22 heavy (non-hydrogen) atoms. The molecule has 132 valence electrons. The van der Waals surface area contributed by atoms with Crippen LogP contribution in [0.3, 0.4) is 0 Å². The van der Waals surface area contributed by atoms with Crippen LogP contribution in [0.25, 0.3) is 0 Å². The van der Waals surface area contributed by atoms with Gasteiger partial charge in [-0.1, -0.05) is 6.92 Å². The Hall–Kier alpha value is -0.240. The van der Waals surface area contributed by atoms with Crippen molar-refractivity contribution in [1.29, 1.82) is 0 Å². The van der Waals surface area contributed by atoms with Gasteiger partial charge in [-0.3, -0.25) is 4.90 Å². The number of nitrogens with zero attached hydrogens (tertiary/aromatic N) is 2. The molecule has 0 N–H and O–H groups in total. The monoisotopic (exact) mass is 318 g/mol. The maximum absolute atomic E-state index is 5.63. The van der Waals surface area contributed by atoms with Gasteiger partial charge in [0.2, 0.25) is 0 Å². The summed E-state index contributed by atoms with van der Waals surface area (Å²) in [6.07, 6.45) is 1.18. The average Bonchev–Trinajstić information content (AvgIpc) is 2.54. The highest BCUT2D eigenvalue weighted by Crippen LogP contribution is 1.96. The standard InChI is InChI=1S/C16H34N2O4/c1-3-17(2)5-4-6-18-7-9-19-11-13-21-15-16-22-14-12-20-10-8-18/h3-16H2,1-2H3. The molecule has 1 rings (SSSR count). The highest BCUT2D eigenvalue weighted by Gasteiger charge is 2.06. The van der Waals surface area contributed by atoms with Crippen LogP contribution in [0.15, 0.2) is 0 Å². The summed E-state index contributed by atoms with van der Waals surface area (Å²) in [5.74, 6) is 0. The molecular formula is C16H34N2O4. The molecule has 1 fully saturated rings. The minimum atomic E-state index is 0.625. The predicted octanol–water partition coefficient (Wildman–Crippen LogP) is 0.710. The zero-order valence-electron chi connectivity index (χ0n) is 14.4. The summed E-state index contributed by atoms with van der Waals surface area (Å²) in [6, 6.07) is 0. The third kappa shape index (κ3) is 11.3. The van der Waals surface area contributed by atoms with Crippen molar-refractivity contribution in [2.45, 2.75) is 13.3 Å². The molecule has 0 aliphatic carbocycles. The molecule has 1 aliphatic rings. The van der Waals surface area contributed by atoms with Crippen molar-refractivity contribution in [2.24, 2.45) is 0 Å². The fourth-order valence-electron chi connectivity index (χ4n) is 2.21. The van der Waals surface area contributed by atoms with Gasteiger partial charge in [-0.05, 0) is 33.1 Å². The molecule has 6 heteroatoms. The minimum absolute atomic E-state index is 0.625. The molecule has 0 radical (unpaired) electrons. The maximum Gasteiger partial charge on any atom is 0.0701 e. The van der Waals surface area contributed by atoms with Crippen LogP contribution in [0.1, 0.15) is 13.3 Å². The fraction of sp³-hybridized carbons (Fsp3) is 1.00. The molecule has 1 heterocycles. The molecule has 0 bridgehead atoms. The molecule has 0 aromatic heterocycles. The summed E-state index contributed by atoms with van der Waals surface area (Å²) in [4.78, 5) is 4.76. The van der Waals surface area contributed by atoms with E-state index in [0.29, 0.717) is 39.6 Å². The summed E-state index contributed by atoms with van der Waals surface area (Å²) < 4.78 is 22.1. The van der Waals surface area contributed by atoms with Gasteiger partial charge >= 0.3 is 0 Å². The van der Waals surface area contributed by atoms with Crippen molar-refractivity contribution in [3.8, 4) is 0 Å².